The van der Waals surface area contributed by atoms with Crippen molar-refractivity contribution in [1.29, 1.82) is 0 Å². The number of fused-ring (bicyclic) bond motifs is 1. The van der Waals surface area contributed by atoms with Gasteiger partial charge in [-0.1, -0.05) is 17.4 Å². The zero-order valence-electron chi connectivity index (χ0n) is 10.8. The Morgan fingerprint density at radius 3 is 3.06 bits per heavy atom. The Labute approximate surface area is 111 Å². The average Bonchev–Trinajstić information content (AvgIpc) is 2.95. The molecule has 1 fully saturated rings. The lowest BCUT2D eigenvalue weighted by atomic mass is 10.2. The fourth-order valence-corrected chi connectivity index (χ4v) is 3.48. The molecule has 1 saturated carbocycles. The number of aryl methyl sites for hydroxylation is 1. The lowest BCUT2D eigenvalue weighted by Crippen LogP contribution is -2.16. The van der Waals surface area contributed by atoms with Crippen molar-refractivity contribution in [3.05, 3.63) is 23.8 Å². The second kappa shape index (κ2) is 4.86. The van der Waals surface area contributed by atoms with Gasteiger partial charge in [0.1, 0.15) is 0 Å². The molecule has 0 aliphatic heterocycles. The summed E-state index contributed by atoms with van der Waals surface area (Å²) >= 11 is 1.74. The minimum atomic E-state index is 0.416. The molecule has 0 spiro atoms. The van der Waals surface area contributed by atoms with E-state index < -0.39 is 0 Å². The number of nitrogens with zero attached hydrogens (tertiary/aromatic N) is 1. The van der Waals surface area contributed by atoms with Gasteiger partial charge in [-0.25, -0.2) is 4.98 Å². The van der Waals surface area contributed by atoms with Crippen molar-refractivity contribution in [3.63, 3.8) is 0 Å². The molecule has 2 aromatic rings. The molecule has 0 saturated heterocycles. The van der Waals surface area contributed by atoms with Crippen LogP contribution in [0.4, 0.5) is 5.13 Å². The Morgan fingerprint density at radius 2 is 2.28 bits per heavy atom. The molecule has 1 N–H and O–H groups in total. The third kappa shape index (κ3) is 2.35. The normalized spacial score (nSPS) is 23.7. The Balaban J connectivity index is 1.75. The summed E-state index contributed by atoms with van der Waals surface area (Å²) in [5.74, 6) is 0. The molecule has 3 nitrogen and oxygen atoms in total. The first kappa shape index (κ1) is 11.9. The van der Waals surface area contributed by atoms with E-state index in [1.165, 1.54) is 16.7 Å². The van der Waals surface area contributed by atoms with E-state index in [9.17, 15) is 0 Å². The van der Waals surface area contributed by atoms with Crippen LogP contribution in [0.2, 0.25) is 0 Å². The zero-order chi connectivity index (χ0) is 12.5. The van der Waals surface area contributed by atoms with E-state index in [-0.39, 0.29) is 0 Å². The molecule has 18 heavy (non-hydrogen) atoms. The molecule has 1 aliphatic rings. The van der Waals surface area contributed by atoms with Crippen LogP contribution < -0.4 is 5.32 Å². The summed E-state index contributed by atoms with van der Waals surface area (Å²) < 4.78 is 6.65. The molecule has 0 amide bonds. The van der Waals surface area contributed by atoms with Crippen molar-refractivity contribution in [3.8, 4) is 0 Å². The first-order valence-electron chi connectivity index (χ1n) is 6.41. The molecule has 0 bridgehead atoms. The van der Waals surface area contributed by atoms with E-state index >= 15 is 0 Å². The molecule has 4 heteroatoms. The first-order valence-corrected chi connectivity index (χ1v) is 7.23. The standard InChI is InChI=1S/C14H18N2OS/c1-9-3-6-13-12(7-9)16-14(18-13)15-10-4-5-11(8-10)17-2/h3,6-7,10-11H,4-5,8H2,1-2H3,(H,15,16). The van der Waals surface area contributed by atoms with Gasteiger partial charge >= 0.3 is 0 Å². The summed E-state index contributed by atoms with van der Waals surface area (Å²) in [6.07, 6.45) is 3.83. The Kier molecular flexibility index (Phi) is 3.22. The number of methoxy groups -OCH3 is 1. The molecule has 96 valence electrons. The molecular weight excluding hydrogens is 244 g/mol. The highest BCUT2D eigenvalue weighted by Gasteiger charge is 2.24. The van der Waals surface area contributed by atoms with E-state index in [1.54, 1.807) is 18.4 Å². The van der Waals surface area contributed by atoms with Crippen LogP contribution in [0.3, 0.4) is 0 Å². The highest BCUT2D eigenvalue weighted by molar-refractivity contribution is 7.22. The lowest BCUT2D eigenvalue weighted by Gasteiger charge is -2.11. The van der Waals surface area contributed by atoms with E-state index in [1.807, 2.05) is 0 Å². The maximum absolute atomic E-state index is 5.40. The van der Waals surface area contributed by atoms with Gasteiger partial charge in [-0.3, -0.25) is 0 Å². The molecule has 1 aliphatic carbocycles. The zero-order valence-corrected chi connectivity index (χ0v) is 11.6. The summed E-state index contributed by atoms with van der Waals surface area (Å²) in [6.45, 7) is 2.10. The van der Waals surface area contributed by atoms with Crippen LogP contribution in [0.15, 0.2) is 18.2 Å². The van der Waals surface area contributed by atoms with Crippen molar-refractivity contribution in [2.45, 2.75) is 38.3 Å². The van der Waals surface area contributed by atoms with E-state index in [0.717, 1.165) is 23.5 Å². The Hall–Kier alpha value is -1.13. The number of rotatable bonds is 3. The predicted molar refractivity (Wildman–Crippen MR) is 76.4 cm³/mol. The van der Waals surface area contributed by atoms with Gasteiger partial charge in [0, 0.05) is 13.2 Å². The van der Waals surface area contributed by atoms with Crippen molar-refractivity contribution in [2.24, 2.45) is 0 Å². The van der Waals surface area contributed by atoms with Gasteiger partial charge in [0.2, 0.25) is 0 Å². The van der Waals surface area contributed by atoms with Crippen LogP contribution in [-0.2, 0) is 4.74 Å². The van der Waals surface area contributed by atoms with Gasteiger partial charge in [0.05, 0.1) is 16.3 Å². The van der Waals surface area contributed by atoms with Gasteiger partial charge in [-0.05, 0) is 43.9 Å². The van der Waals surface area contributed by atoms with Crippen LogP contribution in [0.5, 0.6) is 0 Å². The third-order valence-electron chi connectivity index (χ3n) is 3.59. The topological polar surface area (TPSA) is 34.1 Å². The number of hydrogen-bond acceptors (Lipinski definition) is 4. The third-order valence-corrected chi connectivity index (χ3v) is 4.56. The monoisotopic (exact) mass is 262 g/mol. The number of ether oxygens (including phenoxy) is 1. The molecule has 2 unspecified atom stereocenters. The minimum absolute atomic E-state index is 0.416. The summed E-state index contributed by atoms with van der Waals surface area (Å²) in [6, 6.07) is 6.95. The summed E-state index contributed by atoms with van der Waals surface area (Å²) in [5.41, 5.74) is 2.36. The number of thiazole rings is 1. The van der Waals surface area contributed by atoms with Gasteiger partial charge in [0.15, 0.2) is 5.13 Å². The molecule has 2 atom stereocenters. The average molecular weight is 262 g/mol. The second-order valence-corrected chi connectivity index (χ2v) is 6.03. The maximum atomic E-state index is 5.40. The van der Waals surface area contributed by atoms with E-state index in [4.69, 9.17) is 4.74 Å². The number of aromatic nitrogens is 1. The van der Waals surface area contributed by atoms with Crippen LogP contribution >= 0.6 is 11.3 Å². The molecular formula is C14H18N2OS. The van der Waals surface area contributed by atoms with Crippen molar-refractivity contribution in [2.75, 3.05) is 12.4 Å². The maximum Gasteiger partial charge on any atom is 0.184 e. The van der Waals surface area contributed by atoms with Gasteiger partial charge in [-0.15, -0.1) is 0 Å². The fraction of sp³-hybridized carbons (Fsp3) is 0.500. The molecule has 1 aromatic heterocycles. The first-order chi connectivity index (χ1) is 8.74. The van der Waals surface area contributed by atoms with E-state index in [0.29, 0.717) is 12.1 Å². The van der Waals surface area contributed by atoms with Crippen LogP contribution in [0, 0.1) is 6.92 Å². The molecule has 0 radical (unpaired) electrons. The highest BCUT2D eigenvalue weighted by Crippen LogP contribution is 2.30. The van der Waals surface area contributed by atoms with E-state index in [2.05, 4.69) is 35.4 Å². The summed E-state index contributed by atoms with van der Waals surface area (Å²) in [5, 5.41) is 4.58. The van der Waals surface area contributed by atoms with Gasteiger partial charge in [0.25, 0.3) is 0 Å². The minimum Gasteiger partial charge on any atom is -0.381 e. The summed E-state index contributed by atoms with van der Waals surface area (Å²) in [4.78, 5) is 4.65. The second-order valence-electron chi connectivity index (χ2n) is 5.00. The van der Waals surface area contributed by atoms with Crippen molar-refractivity contribution in [1.82, 2.24) is 4.98 Å². The fourth-order valence-electron chi connectivity index (χ4n) is 2.56. The summed E-state index contributed by atoms with van der Waals surface area (Å²) in [7, 11) is 1.80. The van der Waals surface area contributed by atoms with Gasteiger partial charge < -0.3 is 10.1 Å². The van der Waals surface area contributed by atoms with Crippen molar-refractivity contribution < 1.29 is 4.74 Å². The molecule has 1 heterocycles. The van der Waals surface area contributed by atoms with Crippen LogP contribution in [0.25, 0.3) is 10.2 Å². The Morgan fingerprint density at radius 1 is 1.39 bits per heavy atom. The number of hydrogen-bond donors (Lipinski definition) is 1. The number of anilines is 1. The van der Waals surface area contributed by atoms with Crippen molar-refractivity contribution >= 4 is 26.7 Å². The quantitative estimate of drug-likeness (QED) is 0.918. The lowest BCUT2D eigenvalue weighted by molar-refractivity contribution is 0.108. The SMILES string of the molecule is COC1CCC(Nc2nc3cc(C)ccc3s2)C1. The van der Waals surface area contributed by atoms with Crippen LogP contribution in [0.1, 0.15) is 24.8 Å². The number of nitrogens with one attached hydrogen (secondary N) is 1. The predicted octanol–water partition coefficient (Wildman–Crippen LogP) is 3.58. The smallest absolute Gasteiger partial charge is 0.184 e. The van der Waals surface area contributed by atoms with Gasteiger partial charge in [-0.2, -0.15) is 0 Å². The highest BCUT2D eigenvalue weighted by atomic mass is 32.1. The van der Waals surface area contributed by atoms with Crippen LogP contribution in [-0.4, -0.2) is 24.2 Å². The molecule has 3 rings (SSSR count). The number of benzene rings is 1. The largest absolute Gasteiger partial charge is 0.381 e. The molecule has 1 aromatic carbocycles. The Bertz CT molecular complexity index is 552.